The number of rotatable bonds is 5. The molecule has 0 bridgehead atoms. The van der Waals surface area contributed by atoms with Crippen LogP contribution in [0.5, 0.6) is 0 Å². The van der Waals surface area contributed by atoms with Gasteiger partial charge in [-0.2, -0.15) is 5.10 Å². The summed E-state index contributed by atoms with van der Waals surface area (Å²) in [4.78, 5) is 24.6. The number of ether oxygens (including phenoxy) is 1. The molecule has 0 aliphatic carbocycles. The molecule has 2 rings (SSSR count). The van der Waals surface area contributed by atoms with E-state index in [4.69, 9.17) is 9.84 Å². The van der Waals surface area contributed by atoms with Gasteiger partial charge in [-0.25, -0.2) is 4.79 Å². The molecule has 0 atom stereocenters. The van der Waals surface area contributed by atoms with Gasteiger partial charge < -0.3 is 20.1 Å². The zero-order chi connectivity index (χ0) is 15.2. The Morgan fingerprint density at radius 3 is 2.81 bits per heavy atom. The first-order chi connectivity index (χ1) is 10.1. The highest BCUT2D eigenvalue weighted by Crippen LogP contribution is 2.18. The van der Waals surface area contributed by atoms with Crippen molar-refractivity contribution in [1.82, 2.24) is 14.7 Å². The monoisotopic (exact) mass is 296 g/mol. The van der Waals surface area contributed by atoms with Gasteiger partial charge in [0.15, 0.2) is 0 Å². The van der Waals surface area contributed by atoms with Crippen LogP contribution >= 0.6 is 0 Å². The fourth-order valence-electron chi connectivity index (χ4n) is 2.27. The summed E-state index contributed by atoms with van der Waals surface area (Å²) < 4.78 is 6.65. The highest BCUT2D eigenvalue weighted by molar-refractivity contribution is 5.89. The minimum absolute atomic E-state index is 0.217. The van der Waals surface area contributed by atoms with Gasteiger partial charge >= 0.3 is 12.0 Å². The molecule has 21 heavy (non-hydrogen) atoms. The lowest BCUT2D eigenvalue weighted by Gasteiger charge is -2.29. The maximum absolute atomic E-state index is 12.1. The average Bonchev–Trinajstić information content (AvgIpc) is 2.92. The average molecular weight is 296 g/mol. The van der Waals surface area contributed by atoms with Crippen molar-refractivity contribution in [3.8, 4) is 0 Å². The molecule has 8 heteroatoms. The molecular weight excluding hydrogens is 276 g/mol. The molecule has 1 aliphatic rings. The van der Waals surface area contributed by atoms with E-state index < -0.39 is 5.97 Å². The first kappa shape index (κ1) is 15.3. The Balaban J connectivity index is 1.82. The fourth-order valence-corrected chi connectivity index (χ4v) is 2.27. The normalized spacial score (nSPS) is 16.0. The number of hydrogen-bond acceptors (Lipinski definition) is 4. The Morgan fingerprint density at radius 1 is 1.48 bits per heavy atom. The van der Waals surface area contributed by atoms with E-state index in [1.54, 1.807) is 29.1 Å². The number of carboxylic acid groups (broad SMARTS) is 1. The third-order valence-electron chi connectivity index (χ3n) is 3.54. The maximum atomic E-state index is 12.1. The number of hydrogen-bond donors (Lipinski definition) is 2. The lowest BCUT2D eigenvalue weighted by atomic mass is 9.97. The molecule has 1 aromatic rings. The lowest BCUT2D eigenvalue weighted by molar-refractivity contribution is -0.143. The van der Waals surface area contributed by atoms with Crippen molar-refractivity contribution in [2.24, 2.45) is 5.92 Å². The molecule has 1 saturated heterocycles. The van der Waals surface area contributed by atoms with Gasteiger partial charge in [-0.15, -0.1) is 0 Å². The quantitative estimate of drug-likeness (QED) is 0.840. The van der Waals surface area contributed by atoms with E-state index in [1.807, 2.05) is 0 Å². The molecule has 1 aromatic heterocycles. The maximum Gasteiger partial charge on any atom is 0.321 e. The van der Waals surface area contributed by atoms with Gasteiger partial charge in [-0.05, 0) is 12.8 Å². The van der Waals surface area contributed by atoms with Crippen LogP contribution in [0, 0.1) is 5.92 Å². The number of anilines is 1. The van der Waals surface area contributed by atoms with E-state index in [-0.39, 0.29) is 11.9 Å². The summed E-state index contributed by atoms with van der Waals surface area (Å²) in [6.07, 6.45) is 4.31. The van der Waals surface area contributed by atoms with Crippen molar-refractivity contribution in [3.63, 3.8) is 0 Å². The van der Waals surface area contributed by atoms with Gasteiger partial charge in [0.2, 0.25) is 0 Å². The number of nitrogens with zero attached hydrogens (tertiary/aromatic N) is 3. The number of urea groups is 1. The SMILES string of the molecule is COCCn1cc(NC(=O)N2CCC(C(=O)O)CC2)cn1. The lowest BCUT2D eigenvalue weighted by Crippen LogP contribution is -2.42. The number of carboxylic acids is 1. The predicted molar refractivity (Wildman–Crippen MR) is 75.1 cm³/mol. The zero-order valence-electron chi connectivity index (χ0n) is 12.0. The smallest absolute Gasteiger partial charge is 0.321 e. The van der Waals surface area contributed by atoms with Crippen molar-refractivity contribution in [2.45, 2.75) is 19.4 Å². The summed E-state index contributed by atoms with van der Waals surface area (Å²) in [5, 5.41) is 15.8. The van der Waals surface area contributed by atoms with E-state index in [0.717, 1.165) is 0 Å². The highest BCUT2D eigenvalue weighted by Gasteiger charge is 2.27. The van der Waals surface area contributed by atoms with Crippen LogP contribution in [0.3, 0.4) is 0 Å². The molecule has 1 fully saturated rings. The number of carbonyl (C=O) groups excluding carboxylic acids is 1. The highest BCUT2D eigenvalue weighted by atomic mass is 16.5. The van der Waals surface area contributed by atoms with Crippen LogP contribution in [0.2, 0.25) is 0 Å². The Labute approximate surface area is 122 Å². The van der Waals surface area contributed by atoms with Crippen LogP contribution in [-0.2, 0) is 16.1 Å². The molecule has 0 radical (unpaired) electrons. The molecule has 0 aromatic carbocycles. The number of carbonyl (C=O) groups is 2. The first-order valence-electron chi connectivity index (χ1n) is 6.90. The second kappa shape index (κ2) is 7.07. The van der Waals surface area contributed by atoms with Gasteiger partial charge in [0, 0.05) is 26.4 Å². The van der Waals surface area contributed by atoms with Crippen LogP contribution in [0.4, 0.5) is 10.5 Å². The Morgan fingerprint density at radius 2 is 2.19 bits per heavy atom. The van der Waals surface area contributed by atoms with E-state index in [2.05, 4.69) is 10.4 Å². The summed E-state index contributed by atoms with van der Waals surface area (Å²) in [6.45, 7) is 2.09. The number of piperidine rings is 1. The van der Waals surface area contributed by atoms with Gasteiger partial charge in [0.1, 0.15) is 0 Å². The second-order valence-corrected chi connectivity index (χ2v) is 5.01. The number of likely N-dealkylation sites (tertiary alicyclic amines) is 1. The van der Waals surface area contributed by atoms with Crippen molar-refractivity contribution in [2.75, 3.05) is 32.1 Å². The van der Waals surface area contributed by atoms with Crippen LogP contribution in [0.25, 0.3) is 0 Å². The van der Waals surface area contributed by atoms with Crippen LogP contribution in [0.15, 0.2) is 12.4 Å². The third-order valence-corrected chi connectivity index (χ3v) is 3.54. The Kier molecular flexibility index (Phi) is 5.15. The molecule has 0 spiro atoms. The van der Waals surface area contributed by atoms with E-state index in [0.29, 0.717) is 44.8 Å². The number of aliphatic carboxylic acids is 1. The molecule has 2 heterocycles. The number of aromatic nitrogens is 2. The van der Waals surface area contributed by atoms with Crippen molar-refractivity contribution in [1.29, 1.82) is 0 Å². The molecule has 0 unspecified atom stereocenters. The van der Waals surface area contributed by atoms with Crippen molar-refractivity contribution >= 4 is 17.7 Å². The summed E-state index contributed by atoms with van der Waals surface area (Å²) in [7, 11) is 1.62. The molecule has 0 saturated carbocycles. The largest absolute Gasteiger partial charge is 0.481 e. The van der Waals surface area contributed by atoms with Crippen molar-refractivity contribution < 1.29 is 19.4 Å². The van der Waals surface area contributed by atoms with Gasteiger partial charge in [-0.3, -0.25) is 9.48 Å². The molecule has 8 nitrogen and oxygen atoms in total. The summed E-state index contributed by atoms with van der Waals surface area (Å²) in [5.74, 6) is -1.12. The van der Waals surface area contributed by atoms with Gasteiger partial charge in [0.25, 0.3) is 0 Å². The molecular formula is C13H20N4O4. The van der Waals surface area contributed by atoms with Crippen LogP contribution < -0.4 is 5.32 Å². The predicted octanol–water partition coefficient (Wildman–Crippen LogP) is 0.858. The standard InChI is InChI=1S/C13H20N4O4/c1-21-7-6-17-9-11(8-14-17)15-13(20)16-4-2-10(3-5-16)12(18)19/h8-10H,2-7H2,1H3,(H,15,20)(H,18,19). The minimum Gasteiger partial charge on any atom is -0.481 e. The third kappa shape index (κ3) is 4.19. The van der Waals surface area contributed by atoms with Crippen molar-refractivity contribution in [3.05, 3.63) is 12.4 Å². The molecule has 2 amide bonds. The Hall–Kier alpha value is -2.09. The van der Waals surface area contributed by atoms with Gasteiger partial charge in [-0.1, -0.05) is 0 Å². The van der Waals surface area contributed by atoms with Crippen LogP contribution in [-0.4, -0.2) is 58.6 Å². The van der Waals surface area contributed by atoms with E-state index in [9.17, 15) is 9.59 Å². The fraction of sp³-hybridized carbons (Fsp3) is 0.615. The van der Waals surface area contributed by atoms with Crippen LogP contribution in [0.1, 0.15) is 12.8 Å². The topological polar surface area (TPSA) is 96.7 Å². The van der Waals surface area contributed by atoms with Gasteiger partial charge in [0.05, 0.1) is 31.0 Å². The van der Waals surface area contributed by atoms with E-state index in [1.165, 1.54) is 0 Å². The Bertz CT molecular complexity index is 494. The molecule has 2 N–H and O–H groups in total. The van der Waals surface area contributed by atoms with E-state index >= 15 is 0 Å². The number of nitrogens with one attached hydrogen (secondary N) is 1. The molecule has 116 valence electrons. The molecule has 1 aliphatic heterocycles. The first-order valence-corrected chi connectivity index (χ1v) is 6.90. The second-order valence-electron chi connectivity index (χ2n) is 5.01. The summed E-state index contributed by atoms with van der Waals surface area (Å²) in [6, 6.07) is -0.217. The number of methoxy groups -OCH3 is 1. The summed E-state index contributed by atoms with van der Waals surface area (Å²) >= 11 is 0. The minimum atomic E-state index is -0.783. The zero-order valence-corrected chi connectivity index (χ0v) is 12.0. The summed E-state index contributed by atoms with van der Waals surface area (Å²) in [5.41, 5.74) is 0.622. The number of amides is 2.